The van der Waals surface area contributed by atoms with Gasteiger partial charge in [-0.15, -0.1) is 0 Å². The summed E-state index contributed by atoms with van der Waals surface area (Å²) in [5.74, 6) is 0. The topological polar surface area (TPSA) is 42.2 Å². The van der Waals surface area contributed by atoms with Crippen molar-refractivity contribution < 1.29 is 4.42 Å². The van der Waals surface area contributed by atoms with E-state index in [4.69, 9.17) is 14.4 Å². The second-order valence-electron chi connectivity index (χ2n) is 14.2. The third kappa shape index (κ3) is 5.39. The Morgan fingerprint density at radius 2 is 0.911 bits per heavy atom. The van der Waals surface area contributed by atoms with Crippen LogP contribution in [0.3, 0.4) is 0 Å². The Morgan fingerprint density at radius 3 is 1.68 bits per heavy atom. The number of aromatic nitrogens is 2. The number of fused-ring (bicyclic) bond motifs is 8. The molecule has 0 aliphatic heterocycles. The van der Waals surface area contributed by atoms with Crippen LogP contribution in [0.5, 0.6) is 0 Å². The maximum Gasteiger partial charge on any atom is 0.135 e. The van der Waals surface area contributed by atoms with Crippen LogP contribution >= 0.6 is 0 Å². The Kier molecular flexibility index (Phi) is 7.46. The molecule has 0 N–H and O–H groups in total. The molecule has 4 nitrogen and oxygen atoms in total. The molecule has 11 aromatic rings. The lowest BCUT2D eigenvalue weighted by molar-refractivity contribution is 0.669. The molecular weight excluding hydrogens is 683 g/mol. The normalized spacial score (nSPS) is 11.6. The highest BCUT2D eigenvalue weighted by Gasteiger charge is 2.19. The predicted molar refractivity (Wildman–Crippen MR) is 233 cm³/mol. The summed E-state index contributed by atoms with van der Waals surface area (Å²) >= 11 is 0. The SMILES string of the molecule is c1ccc(-c2cccc(N(c3ccc4oc5ccccc5c4c3)c3ccc4ccc5ccc6nc(-c7ccccc7)c(-c7ccccc7)nc6c5c4c3)c2)cc1. The molecule has 262 valence electrons. The van der Waals surface area contributed by atoms with Gasteiger partial charge in [-0.2, -0.15) is 0 Å². The van der Waals surface area contributed by atoms with E-state index < -0.39 is 0 Å². The molecule has 4 heteroatoms. The molecule has 0 bridgehead atoms. The van der Waals surface area contributed by atoms with Crippen LogP contribution in [0.4, 0.5) is 17.1 Å². The molecule has 0 spiro atoms. The average molecular weight is 716 g/mol. The van der Waals surface area contributed by atoms with E-state index in [0.717, 1.165) is 99.7 Å². The van der Waals surface area contributed by atoms with Crippen LogP contribution in [-0.4, -0.2) is 9.97 Å². The average Bonchev–Trinajstić information content (AvgIpc) is 3.65. The van der Waals surface area contributed by atoms with E-state index in [1.807, 2.05) is 24.3 Å². The quantitative estimate of drug-likeness (QED) is 0.161. The number of anilines is 3. The summed E-state index contributed by atoms with van der Waals surface area (Å²) < 4.78 is 6.27. The van der Waals surface area contributed by atoms with Crippen molar-refractivity contribution in [2.24, 2.45) is 0 Å². The van der Waals surface area contributed by atoms with Gasteiger partial charge in [0, 0.05) is 44.3 Å². The van der Waals surface area contributed by atoms with Crippen molar-refractivity contribution in [3.05, 3.63) is 200 Å². The first-order chi connectivity index (χ1) is 27.7. The summed E-state index contributed by atoms with van der Waals surface area (Å²) in [6, 6.07) is 70.3. The smallest absolute Gasteiger partial charge is 0.135 e. The zero-order valence-corrected chi connectivity index (χ0v) is 30.3. The number of hydrogen-bond donors (Lipinski definition) is 0. The van der Waals surface area contributed by atoms with Gasteiger partial charge in [-0.05, 0) is 81.9 Å². The fourth-order valence-electron chi connectivity index (χ4n) is 8.13. The van der Waals surface area contributed by atoms with Gasteiger partial charge in [-0.1, -0.05) is 146 Å². The van der Waals surface area contributed by atoms with Crippen LogP contribution < -0.4 is 4.90 Å². The van der Waals surface area contributed by atoms with E-state index in [1.165, 1.54) is 5.56 Å². The summed E-state index contributed by atoms with van der Waals surface area (Å²) in [6.45, 7) is 0. The molecule has 0 unspecified atom stereocenters. The minimum atomic E-state index is 0.860. The molecule has 0 saturated carbocycles. The highest BCUT2D eigenvalue weighted by molar-refractivity contribution is 6.19. The molecule has 11 rings (SSSR count). The maximum absolute atomic E-state index is 6.27. The first kappa shape index (κ1) is 31.9. The summed E-state index contributed by atoms with van der Waals surface area (Å²) in [5.41, 5.74) is 12.8. The Bertz CT molecular complexity index is 3250. The zero-order valence-electron chi connectivity index (χ0n) is 30.3. The Balaban J connectivity index is 1.17. The maximum atomic E-state index is 6.27. The predicted octanol–water partition coefficient (Wildman–Crippen LogP) is 14.3. The van der Waals surface area contributed by atoms with E-state index in [0.29, 0.717) is 0 Å². The molecule has 0 atom stereocenters. The van der Waals surface area contributed by atoms with Gasteiger partial charge in [-0.25, -0.2) is 9.97 Å². The first-order valence-electron chi connectivity index (χ1n) is 18.9. The minimum absolute atomic E-state index is 0.860. The van der Waals surface area contributed by atoms with Crippen molar-refractivity contribution >= 4 is 71.6 Å². The number of para-hydroxylation sites is 1. The second kappa shape index (κ2) is 13.1. The van der Waals surface area contributed by atoms with Gasteiger partial charge in [0.15, 0.2) is 0 Å². The van der Waals surface area contributed by atoms with Gasteiger partial charge in [0.1, 0.15) is 11.2 Å². The van der Waals surface area contributed by atoms with Gasteiger partial charge in [0.25, 0.3) is 0 Å². The van der Waals surface area contributed by atoms with E-state index in [2.05, 4.69) is 181 Å². The van der Waals surface area contributed by atoms with Crippen molar-refractivity contribution in [1.29, 1.82) is 0 Å². The number of furan rings is 1. The second-order valence-corrected chi connectivity index (χ2v) is 14.2. The monoisotopic (exact) mass is 715 g/mol. The number of nitrogens with zero attached hydrogens (tertiary/aromatic N) is 3. The minimum Gasteiger partial charge on any atom is -0.456 e. The molecule has 0 amide bonds. The van der Waals surface area contributed by atoms with E-state index in [-0.39, 0.29) is 0 Å². The number of hydrogen-bond acceptors (Lipinski definition) is 4. The van der Waals surface area contributed by atoms with Gasteiger partial charge in [0.05, 0.1) is 22.4 Å². The van der Waals surface area contributed by atoms with Crippen LogP contribution in [0.1, 0.15) is 0 Å². The van der Waals surface area contributed by atoms with Gasteiger partial charge in [0.2, 0.25) is 0 Å². The van der Waals surface area contributed by atoms with Gasteiger partial charge >= 0.3 is 0 Å². The lowest BCUT2D eigenvalue weighted by atomic mass is 9.98. The Hall–Kier alpha value is -7.56. The molecule has 2 heterocycles. The van der Waals surface area contributed by atoms with Gasteiger partial charge in [-0.3, -0.25) is 0 Å². The van der Waals surface area contributed by atoms with Crippen molar-refractivity contribution in [2.75, 3.05) is 4.90 Å². The molecule has 0 aliphatic rings. The standard InChI is InChI=1S/C52H33N3O/c1-4-13-34(14-5-1)39-19-12-20-40(31-39)55(42-28-30-48-45(33-42)43-21-10-11-22-47(43)56-48)41-27-25-35-23-24-36-26-29-46-52(49(36)44(35)32-41)54-51(38-17-8-3-9-18-38)50(53-46)37-15-6-2-7-16-37/h1-33H. The molecular formula is C52H33N3O. The van der Waals surface area contributed by atoms with Crippen molar-refractivity contribution in [1.82, 2.24) is 9.97 Å². The van der Waals surface area contributed by atoms with E-state index in [9.17, 15) is 0 Å². The van der Waals surface area contributed by atoms with E-state index in [1.54, 1.807) is 0 Å². The third-order valence-corrected chi connectivity index (χ3v) is 10.8. The first-order valence-corrected chi connectivity index (χ1v) is 18.9. The zero-order chi connectivity index (χ0) is 37.0. The van der Waals surface area contributed by atoms with Crippen LogP contribution in [0.25, 0.3) is 88.2 Å². The summed E-state index contributed by atoms with van der Waals surface area (Å²) in [7, 11) is 0. The fourth-order valence-corrected chi connectivity index (χ4v) is 8.13. The molecule has 0 aliphatic carbocycles. The van der Waals surface area contributed by atoms with Crippen LogP contribution in [0.15, 0.2) is 205 Å². The molecule has 0 radical (unpaired) electrons. The molecule has 0 saturated heterocycles. The van der Waals surface area contributed by atoms with Crippen LogP contribution in [0.2, 0.25) is 0 Å². The van der Waals surface area contributed by atoms with Gasteiger partial charge < -0.3 is 9.32 Å². The lowest BCUT2D eigenvalue weighted by Gasteiger charge is -2.26. The number of rotatable bonds is 6. The fraction of sp³-hybridized carbons (Fsp3) is 0. The summed E-state index contributed by atoms with van der Waals surface area (Å²) in [4.78, 5) is 13.2. The lowest BCUT2D eigenvalue weighted by Crippen LogP contribution is -2.10. The third-order valence-electron chi connectivity index (χ3n) is 10.8. The Labute approximate surface area is 323 Å². The Morgan fingerprint density at radius 1 is 0.357 bits per heavy atom. The van der Waals surface area contributed by atoms with Crippen LogP contribution in [-0.2, 0) is 0 Å². The van der Waals surface area contributed by atoms with Crippen LogP contribution in [0, 0.1) is 0 Å². The summed E-state index contributed by atoms with van der Waals surface area (Å²) in [6.07, 6.45) is 0. The molecule has 9 aromatic carbocycles. The number of benzene rings is 9. The highest BCUT2D eigenvalue weighted by Crippen LogP contribution is 2.43. The molecule has 56 heavy (non-hydrogen) atoms. The largest absolute Gasteiger partial charge is 0.456 e. The summed E-state index contributed by atoms with van der Waals surface area (Å²) in [5, 5.41) is 6.63. The highest BCUT2D eigenvalue weighted by atomic mass is 16.3. The molecule has 2 aromatic heterocycles. The van der Waals surface area contributed by atoms with Crippen molar-refractivity contribution in [3.8, 4) is 33.6 Å². The van der Waals surface area contributed by atoms with Crippen molar-refractivity contribution in [3.63, 3.8) is 0 Å². The molecule has 0 fully saturated rings. The van der Waals surface area contributed by atoms with E-state index >= 15 is 0 Å². The van der Waals surface area contributed by atoms with Crippen molar-refractivity contribution in [2.45, 2.75) is 0 Å².